The second kappa shape index (κ2) is 10.3. The molecule has 1 aliphatic heterocycles. The van der Waals surface area contributed by atoms with Crippen LogP contribution in [0.4, 0.5) is 4.79 Å². The minimum absolute atomic E-state index is 0.0792. The predicted octanol–water partition coefficient (Wildman–Crippen LogP) is 5.90. The molecule has 1 unspecified atom stereocenters. The van der Waals surface area contributed by atoms with Crippen molar-refractivity contribution >= 4 is 30.0 Å². The molecule has 1 heterocycles. The maximum atomic E-state index is 14.1. The molecule has 1 rings (SSSR count). The van der Waals surface area contributed by atoms with Crippen LogP contribution in [0, 0.1) is 16.7 Å². The van der Waals surface area contributed by atoms with Gasteiger partial charge in [0.1, 0.15) is 5.60 Å². The van der Waals surface area contributed by atoms with E-state index < -0.39 is 35.5 Å². The van der Waals surface area contributed by atoms with E-state index in [9.17, 15) is 9.59 Å². The third-order valence-electron chi connectivity index (χ3n) is 5.72. The van der Waals surface area contributed by atoms with Crippen molar-refractivity contribution in [1.29, 1.82) is 0 Å². The summed E-state index contributed by atoms with van der Waals surface area (Å²) in [5, 5.41) is 0. The lowest BCUT2D eigenvalue weighted by molar-refractivity contribution is -0.152. The van der Waals surface area contributed by atoms with E-state index in [1.54, 1.807) is 4.90 Å². The fraction of sp³-hybridized carbons (Fsp3) is 0.917. The maximum absolute atomic E-state index is 14.1. The number of amides is 1. The number of ether oxygens (including phenoxy) is 1. The van der Waals surface area contributed by atoms with E-state index in [4.69, 9.17) is 13.6 Å². The van der Waals surface area contributed by atoms with E-state index in [0.29, 0.717) is 13.0 Å². The second-order valence-corrected chi connectivity index (χ2v) is 16.7. The number of likely N-dealkylation sites (tertiary alicyclic amines) is 1. The zero-order valence-electron chi connectivity index (χ0n) is 22.8. The van der Waals surface area contributed by atoms with Crippen LogP contribution in [0.25, 0.3) is 0 Å². The standard InChI is InChI=1S/C24H47NO5Si2/c1-21(2,3)17-15-24(30-32(12)13,25(16-17)20(27)28-23(7,8)9)18(26)14-19(22(4,5)6)29-31(10)11/h17,19H,14-16H2,1-13H3/t17-,19?,24-/m0/s1. The normalized spacial score (nSPS) is 23.7. The average Bonchev–Trinajstić information content (AvgIpc) is 2.91. The SMILES string of the molecule is C[Si](C)OC(CC(=O)[C@@]1(O[Si](C)C)C[C@H](C(C)(C)C)CN1C(=O)OC(C)(C)C)C(C)(C)C. The van der Waals surface area contributed by atoms with Gasteiger partial charge in [-0.25, -0.2) is 4.79 Å². The molecule has 1 saturated heterocycles. The number of hydrogen-bond donors (Lipinski definition) is 0. The van der Waals surface area contributed by atoms with Gasteiger partial charge in [-0.1, -0.05) is 41.5 Å². The summed E-state index contributed by atoms with van der Waals surface area (Å²) in [6.07, 6.45) is -0.0233. The molecule has 0 aromatic heterocycles. The van der Waals surface area contributed by atoms with Crippen LogP contribution in [-0.2, 0) is 18.4 Å². The summed E-state index contributed by atoms with van der Waals surface area (Å²) in [4.78, 5) is 29.0. The fourth-order valence-electron chi connectivity index (χ4n) is 3.89. The van der Waals surface area contributed by atoms with Gasteiger partial charge >= 0.3 is 6.09 Å². The summed E-state index contributed by atoms with van der Waals surface area (Å²) in [5.41, 5.74) is -2.25. The molecular formula is C24H47NO5Si2. The summed E-state index contributed by atoms with van der Waals surface area (Å²) in [6.45, 7) is 26.9. The zero-order valence-corrected chi connectivity index (χ0v) is 24.8. The molecule has 0 aromatic carbocycles. The molecule has 0 saturated carbocycles. The largest absolute Gasteiger partial charge is 0.444 e. The van der Waals surface area contributed by atoms with Crippen molar-refractivity contribution < 1.29 is 23.2 Å². The van der Waals surface area contributed by atoms with Crippen molar-refractivity contribution in [2.75, 3.05) is 6.54 Å². The lowest BCUT2D eigenvalue weighted by atomic mass is 9.77. The van der Waals surface area contributed by atoms with Crippen molar-refractivity contribution in [3.05, 3.63) is 0 Å². The summed E-state index contributed by atoms with van der Waals surface area (Å²) in [6, 6.07) is 0. The number of nitrogens with zero attached hydrogens (tertiary/aromatic N) is 1. The van der Waals surface area contributed by atoms with Gasteiger partial charge < -0.3 is 13.6 Å². The highest BCUT2D eigenvalue weighted by Crippen LogP contribution is 2.45. The Kier molecular flexibility index (Phi) is 9.42. The molecule has 1 aliphatic rings. The Hall–Kier alpha value is -0.706. The highest BCUT2D eigenvalue weighted by Gasteiger charge is 2.58. The molecule has 0 spiro atoms. The molecule has 8 heteroatoms. The average molecular weight is 486 g/mol. The van der Waals surface area contributed by atoms with Crippen LogP contribution in [0.1, 0.15) is 75.2 Å². The summed E-state index contributed by atoms with van der Waals surface area (Å²) in [7, 11) is -2.30. The molecule has 0 N–H and O–H groups in total. The van der Waals surface area contributed by atoms with Gasteiger partial charge in [-0.05, 0) is 63.7 Å². The first-order valence-corrected chi connectivity index (χ1v) is 16.5. The minimum Gasteiger partial charge on any atom is -0.444 e. The van der Waals surface area contributed by atoms with Gasteiger partial charge in [-0.15, -0.1) is 0 Å². The smallest absolute Gasteiger partial charge is 0.412 e. The van der Waals surface area contributed by atoms with E-state index >= 15 is 0 Å². The predicted molar refractivity (Wildman–Crippen MR) is 133 cm³/mol. The number of carbonyl (C=O) groups excluding carboxylic acids is 2. The van der Waals surface area contributed by atoms with Crippen LogP contribution in [0.5, 0.6) is 0 Å². The Balaban J connectivity index is 3.48. The number of ketones is 1. The Morgan fingerprint density at radius 2 is 1.50 bits per heavy atom. The van der Waals surface area contributed by atoms with Crippen molar-refractivity contribution in [2.24, 2.45) is 16.7 Å². The van der Waals surface area contributed by atoms with Gasteiger partial charge in [0.25, 0.3) is 0 Å². The first-order valence-electron chi connectivity index (χ1n) is 11.7. The molecule has 32 heavy (non-hydrogen) atoms. The molecule has 3 atom stereocenters. The van der Waals surface area contributed by atoms with Gasteiger partial charge in [0, 0.05) is 19.4 Å². The first kappa shape index (κ1) is 29.3. The van der Waals surface area contributed by atoms with Gasteiger partial charge in [0.2, 0.25) is 18.1 Å². The zero-order chi connectivity index (χ0) is 25.3. The number of carbonyl (C=O) groups is 2. The van der Waals surface area contributed by atoms with Gasteiger partial charge in [0.15, 0.2) is 11.5 Å². The Labute approximate surface area is 200 Å². The molecular weight excluding hydrogens is 438 g/mol. The maximum Gasteiger partial charge on any atom is 0.412 e. The Morgan fingerprint density at radius 1 is 0.969 bits per heavy atom. The van der Waals surface area contributed by atoms with E-state index in [0.717, 1.165) is 0 Å². The topological polar surface area (TPSA) is 65.1 Å². The number of Topliss-reactive ketones (excluding diaryl/α,β-unsaturated/α-hetero) is 1. The lowest BCUT2D eigenvalue weighted by Gasteiger charge is -2.41. The molecule has 6 nitrogen and oxygen atoms in total. The third kappa shape index (κ3) is 7.96. The van der Waals surface area contributed by atoms with Crippen molar-refractivity contribution in [1.82, 2.24) is 4.90 Å². The highest BCUT2D eigenvalue weighted by molar-refractivity contribution is 6.49. The summed E-state index contributed by atoms with van der Waals surface area (Å²) in [5.74, 6) is 0.0378. The van der Waals surface area contributed by atoms with Crippen molar-refractivity contribution in [2.45, 2.75) is 119 Å². The molecule has 0 aromatic rings. The lowest BCUT2D eigenvalue weighted by Crippen LogP contribution is -2.58. The molecule has 2 radical (unpaired) electrons. The molecule has 186 valence electrons. The fourth-order valence-corrected chi connectivity index (χ4v) is 5.88. The van der Waals surface area contributed by atoms with Gasteiger partial charge in [-0.2, -0.15) is 0 Å². The van der Waals surface area contributed by atoms with E-state index in [1.807, 2.05) is 33.9 Å². The van der Waals surface area contributed by atoms with Crippen LogP contribution >= 0.6 is 0 Å². The van der Waals surface area contributed by atoms with Crippen LogP contribution in [0.3, 0.4) is 0 Å². The quantitative estimate of drug-likeness (QED) is 0.420. The van der Waals surface area contributed by atoms with Crippen molar-refractivity contribution in [3.63, 3.8) is 0 Å². The van der Waals surface area contributed by atoms with E-state index in [-0.39, 0.29) is 35.1 Å². The van der Waals surface area contributed by atoms with E-state index in [1.165, 1.54) is 0 Å². The summed E-state index contributed by atoms with van der Waals surface area (Å²) >= 11 is 0. The molecule has 1 amide bonds. The summed E-state index contributed by atoms with van der Waals surface area (Å²) < 4.78 is 18.5. The minimum atomic E-state index is -1.31. The highest BCUT2D eigenvalue weighted by atomic mass is 28.3. The van der Waals surface area contributed by atoms with Gasteiger partial charge in [0.05, 0.1) is 6.10 Å². The van der Waals surface area contributed by atoms with E-state index in [2.05, 4.69) is 54.6 Å². The number of hydrogen-bond acceptors (Lipinski definition) is 5. The van der Waals surface area contributed by atoms with Crippen LogP contribution in [0.2, 0.25) is 26.2 Å². The van der Waals surface area contributed by atoms with Crippen LogP contribution in [-0.4, -0.2) is 58.8 Å². The van der Waals surface area contributed by atoms with Crippen LogP contribution < -0.4 is 0 Å². The molecule has 0 bridgehead atoms. The van der Waals surface area contributed by atoms with Gasteiger partial charge in [-0.3, -0.25) is 9.69 Å². The Bertz CT molecular complexity index is 661. The molecule has 1 fully saturated rings. The second-order valence-electron chi connectivity index (χ2n) is 12.7. The Morgan fingerprint density at radius 3 is 1.88 bits per heavy atom. The first-order chi connectivity index (χ1) is 14.2. The number of rotatable bonds is 7. The third-order valence-corrected chi connectivity index (χ3v) is 7.23. The monoisotopic (exact) mass is 485 g/mol. The molecule has 0 aliphatic carbocycles. The van der Waals surface area contributed by atoms with Crippen molar-refractivity contribution in [3.8, 4) is 0 Å². The van der Waals surface area contributed by atoms with Crippen LogP contribution in [0.15, 0.2) is 0 Å².